The highest BCUT2D eigenvalue weighted by atomic mass is 16.2. The van der Waals surface area contributed by atoms with Crippen molar-refractivity contribution in [3.05, 3.63) is 47.3 Å². The summed E-state index contributed by atoms with van der Waals surface area (Å²) < 4.78 is 1.94. The average molecular weight is 326 g/mol. The van der Waals surface area contributed by atoms with Gasteiger partial charge in [-0.3, -0.25) is 4.79 Å². The van der Waals surface area contributed by atoms with E-state index in [0.29, 0.717) is 12.3 Å². The van der Waals surface area contributed by atoms with Crippen molar-refractivity contribution in [3.63, 3.8) is 0 Å². The lowest BCUT2D eigenvalue weighted by Gasteiger charge is -2.16. The average Bonchev–Trinajstić information content (AvgIpc) is 3.16. The highest BCUT2D eigenvalue weighted by molar-refractivity contribution is 5.79. The van der Waals surface area contributed by atoms with Crippen molar-refractivity contribution in [2.24, 2.45) is 5.92 Å². The quantitative estimate of drug-likeness (QED) is 0.915. The van der Waals surface area contributed by atoms with Gasteiger partial charge in [0, 0.05) is 24.3 Å². The molecule has 2 aromatic rings. The van der Waals surface area contributed by atoms with E-state index in [9.17, 15) is 4.79 Å². The Balaban J connectivity index is 1.74. The van der Waals surface area contributed by atoms with Crippen LogP contribution in [0.15, 0.2) is 30.3 Å². The molecule has 1 amide bonds. The lowest BCUT2D eigenvalue weighted by atomic mass is 10.1. The summed E-state index contributed by atoms with van der Waals surface area (Å²) in [5, 5.41) is 7.85. The van der Waals surface area contributed by atoms with E-state index >= 15 is 0 Å². The number of hydrogen-bond donors (Lipinski definition) is 1. The number of aromatic nitrogens is 2. The number of benzene rings is 1. The van der Waals surface area contributed by atoms with Crippen LogP contribution in [-0.4, -0.2) is 47.3 Å². The largest absolute Gasteiger partial charge is 0.342 e. The zero-order valence-electron chi connectivity index (χ0n) is 14.7. The second-order valence-electron chi connectivity index (χ2n) is 6.63. The molecule has 24 heavy (non-hydrogen) atoms. The van der Waals surface area contributed by atoms with Crippen molar-refractivity contribution in [1.82, 2.24) is 20.0 Å². The van der Waals surface area contributed by atoms with Crippen LogP contribution in [0.5, 0.6) is 0 Å². The Morgan fingerprint density at radius 3 is 2.75 bits per heavy atom. The van der Waals surface area contributed by atoms with E-state index in [1.807, 2.05) is 60.8 Å². The van der Waals surface area contributed by atoms with E-state index in [-0.39, 0.29) is 5.91 Å². The van der Waals surface area contributed by atoms with Gasteiger partial charge in [-0.2, -0.15) is 5.10 Å². The van der Waals surface area contributed by atoms with Gasteiger partial charge in [0.05, 0.1) is 17.8 Å². The Hall–Kier alpha value is -2.14. The molecular weight excluding hydrogens is 300 g/mol. The van der Waals surface area contributed by atoms with Crippen LogP contribution in [0.25, 0.3) is 5.69 Å². The smallest absolute Gasteiger partial charge is 0.227 e. The number of aryl methyl sites for hydroxylation is 1. The maximum Gasteiger partial charge on any atom is 0.227 e. The van der Waals surface area contributed by atoms with Gasteiger partial charge in [-0.15, -0.1) is 0 Å². The first-order valence-electron chi connectivity index (χ1n) is 8.63. The molecule has 128 valence electrons. The molecule has 1 aromatic carbocycles. The zero-order chi connectivity index (χ0) is 17.1. The number of rotatable bonds is 5. The van der Waals surface area contributed by atoms with Crippen molar-refractivity contribution in [2.45, 2.75) is 26.7 Å². The van der Waals surface area contributed by atoms with Gasteiger partial charge in [0.25, 0.3) is 0 Å². The van der Waals surface area contributed by atoms with Crippen LogP contribution in [0.1, 0.15) is 23.4 Å². The highest BCUT2D eigenvalue weighted by Gasteiger charge is 2.27. The Morgan fingerprint density at radius 2 is 2.04 bits per heavy atom. The number of para-hydroxylation sites is 1. The normalized spacial score (nSPS) is 17.5. The van der Waals surface area contributed by atoms with E-state index in [2.05, 4.69) is 10.4 Å². The van der Waals surface area contributed by atoms with Gasteiger partial charge in [-0.25, -0.2) is 4.68 Å². The number of hydrogen-bond acceptors (Lipinski definition) is 3. The second-order valence-corrected chi connectivity index (χ2v) is 6.63. The molecule has 0 aliphatic carbocycles. The molecule has 2 heterocycles. The van der Waals surface area contributed by atoms with Crippen LogP contribution in [0.4, 0.5) is 0 Å². The SMILES string of the molecule is CNCC1CCN(C(=O)Cc2c(C)nn(-c3ccccc3)c2C)C1. The van der Waals surface area contributed by atoms with E-state index < -0.39 is 0 Å². The first kappa shape index (κ1) is 16.7. The fourth-order valence-electron chi connectivity index (χ4n) is 3.53. The van der Waals surface area contributed by atoms with E-state index in [1.165, 1.54) is 0 Å². The molecule has 1 aromatic heterocycles. The number of carbonyl (C=O) groups excluding carboxylic acids is 1. The van der Waals surface area contributed by atoms with Crippen molar-refractivity contribution >= 4 is 5.91 Å². The monoisotopic (exact) mass is 326 g/mol. The van der Waals surface area contributed by atoms with Crippen molar-refractivity contribution in [2.75, 3.05) is 26.7 Å². The number of nitrogens with zero attached hydrogens (tertiary/aromatic N) is 3. The molecule has 1 saturated heterocycles. The Kier molecular flexibility index (Phi) is 5.00. The van der Waals surface area contributed by atoms with Crippen LogP contribution in [0.3, 0.4) is 0 Å². The maximum atomic E-state index is 12.7. The molecular formula is C19H26N4O. The number of likely N-dealkylation sites (tertiary alicyclic amines) is 1. The van der Waals surface area contributed by atoms with Crippen LogP contribution < -0.4 is 5.32 Å². The minimum atomic E-state index is 0.215. The summed E-state index contributed by atoms with van der Waals surface area (Å²) >= 11 is 0. The van der Waals surface area contributed by atoms with Gasteiger partial charge in [0.1, 0.15) is 0 Å². The molecule has 0 bridgehead atoms. The van der Waals surface area contributed by atoms with Gasteiger partial charge in [0.2, 0.25) is 5.91 Å². The molecule has 1 atom stereocenters. The molecule has 1 fully saturated rings. The van der Waals surface area contributed by atoms with Gasteiger partial charge in [-0.1, -0.05) is 18.2 Å². The molecule has 5 heteroatoms. The Labute approximate surface area is 143 Å². The summed E-state index contributed by atoms with van der Waals surface area (Å²) in [7, 11) is 1.97. The van der Waals surface area contributed by atoms with Crippen molar-refractivity contribution in [1.29, 1.82) is 0 Å². The molecule has 1 unspecified atom stereocenters. The van der Waals surface area contributed by atoms with Crippen LogP contribution in [-0.2, 0) is 11.2 Å². The fraction of sp³-hybridized carbons (Fsp3) is 0.474. The number of amides is 1. The van der Waals surface area contributed by atoms with Crippen LogP contribution in [0.2, 0.25) is 0 Å². The number of nitrogens with one attached hydrogen (secondary N) is 1. The molecule has 0 spiro atoms. The molecule has 1 aliphatic heterocycles. The second kappa shape index (κ2) is 7.18. The highest BCUT2D eigenvalue weighted by Crippen LogP contribution is 2.21. The maximum absolute atomic E-state index is 12.7. The predicted octanol–water partition coefficient (Wildman–Crippen LogP) is 2.10. The first-order chi connectivity index (χ1) is 11.6. The summed E-state index contributed by atoms with van der Waals surface area (Å²) in [6.45, 7) is 6.75. The van der Waals surface area contributed by atoms with Gasteiger partial charge in [0.15, 0.2) is 0 Å². The van der Waals surface area contributed by atoms with Crippen molar-refractivity contribution < 1.29 is 4.79 Å². The van der Waals surface area contributed by atoms with Crippen molar-refractivity contribution in [3.8, 4) is 5.69 Å². The van der Waals surface area contributed by atoms with E-state index in [0.717, 1.165) is 48.7 Å². The molecule has 1 N–H and O–H groups in total. The molecule has 0 saturated carbocycles. The third-order valence-corrected chi connectivity index (χ3v) is 4.90. The third kappa shape index (κ3) is 3.36. The number of carbonyl (C=O) groups is 1. The molecule has 1 aliphatic rings. The summed E-state index contributed by atoms with van der Waals surface area (Å²) in [6, 6.07) is 10.1. The minimum absolute atomic E-state index is 0.215. The van der Waals surface area contributed by atoms with Gasteiger partial charge >= 0.3 is 0 Å². The molecule has 5 nitrogen and oxygen atoms in total. The lowest BCUT2D eigenvalue weighted by molar-refractivity contribution is -0.129. The van der Waals surface area contributed by atoms with Gasteiger partial charge in [-0.05, 0) is 51.9 Å². The topological polar surface area (TPSA) is 50.2 Å². The zero-order valence-corrected chi connectivity index (χ0v) is 14.7. The minimum Gasteiger partial charge on any atom is -0.342 e. The third-order valence-electron chi connectivity index (χ3n) is 4.90. The summed E-state index contributed by atoms with van der Waals surface area (Å²) in [6.07, 6.45) is 1.53. The first-order valence-corrected chi connectivity index (χ1v) is 8.63. The lowest BCUT2D eigenvalue weighted by Crippen LogP contribution is -2.31. The summed E-state index contributed by atoms with van der Waals surface area (Å²) in [4.78, 5) is 14.7. The molecule has 0 radical (unpaired) electrons. The fourth-order valence-corrected chi connectivity index (χ4v) is 3.53. The van der Waals surface area contributed by atoms with Crippen LogP contribution in [0, 0.1) is 19.8 Å². The standard InChI is InChI=1S/C19H26N4O/c1-14-18(11-19(24)22-10-9-16(13-22)12-20-3)15(2)23(21-14)17-7-5-4-6-8-17/h4-8,16,20H,9-13H2,1-3H3. The van der Waals surface area contributed by atoms with Gasteiger partial charge < -0.3 is 10.2 Å². The van der Waals surface area contributed by atoms with Crippen LogP contribution >= 0.6 is 0 Å². The summed E-state index contributed by atoms with van der Waals surface area (Å²) in [5.74, 6) is 0.792. The molecule has 3 rings (SSSR count). The summed E-state index contributed by atoms with van der Waals surface area (Å²) in [5.41, 5.74) is 4.08. The van der Waals surface area contributed by atoms with E-state index in [1.54, 1.807) is 0 Å². The Bertz CT molecular complexity index is 708. The predicted molar refractivity (Wildman–Crippen MR) is 95.4 cm³/mol. The van der Waals surface area contributed by atoms with E-state index in [4.69, 9.17) is 0 Å². The Morgan fingerprint density at radius 1 is 1.29 bits per heavy atom.